The molecule has 1 aliphatic rings. The molecule has 1 amide bonds. The van der Waals surface area contributed by atoms with E-state index >= 15 is 0 Å². The molecule has 3 rings (SSSR count). The Morgan fingerprint density at radius 1 is 1.20 bits per heavy atom. The minimum atomic E-state index is -0.427. The van der Waals surface area contributed by atoms with Crippen LogP contribution < -0.4 is 0 Å². The molecule has 0 radical (unpaired) electrons. The lowest BCUT2D eigenvalue weighted by atomic mass is 9.99. The minimum Gasteiger partial charge on any atom is -0.452 e. The molecule has 25 heavy (non-hydrogen) atoms. The van der Waals surface area contributed by atoms with Crippen LogP contribution in [0.5, 0.6) is 0 Å². The number of carbonyl (C=O) groups is 2. The molecule has 0 bridgehead atoms. The maximum Gasteiger partial charge on any atom is 0.341 e. The molecule has 1 fully saturated rings. The molecule has 0 spiro atoms. The van der Waals surface area contributed by atoms with E-state index in [0.29, 0.717) is 11.5 Å². The molecule has 0 atom stereocenters. The second-order valence-corrected chi connectivity index (χ2v) is 7.90. The van der Waals surface area contributed by atoms with E-state index in [-0.39, 0.29) is 12.5 Å². The second kappa shape index (κ2) is 7.44. The first-order valence-corrected chi connectivity index (χ1v) is 9.47. The second-order valence-electron chi connectivity index (χ2n) is 6.69. The van der Waals surface area contributed by atoms with Gasteiger partial charge in [0.05, 0.1) is 5.56 Å². The van der Waals surface area contributed by atoms with Gasteiger partial charge in [-0.25, -0.2) is 4.79 Å². The molecule has 0 aliphatic carbocycles. The van der Waals surface area contributed by atoms with Gasteiger partial charge in [0.1, 0.15) is 5.00 Å². The van der Waals surface area contributed by atoms with Gasteiger partial charge in [0.15, 0.2) is 6.61 Å². The van der Waals surface area contributed by atoms with Crippen LogP contribution in [0.15, 0.2) is 24.5 Å². The summed E-state index contributed by atoms with van der Waals surface area (Å²) < 4.78 is 7.28. The van der Waals surface area contributed by atoms with Gasteiger partial charge in [-0.05, 0) is 50.3 Å². The van der Waals surface area contributed by atoms with Crippen LogP contribution in [-0.4, -0.2) is 41.0 Å². The molecule has 134 valence electrons. The predicted molar refractivity (Wildman–Crippen MR) is 98.4 cm³/mol. The van der Waals surface area contributed by atoms with Crippen molar-refractivity contribution in [3.8, 4) is 5.00 Å². The number of ether oxygens (including phenoxy) is 1. The van der Waals surface area contributed by atoms with Gasteiger partial charge in [0.25, 0.3) is 5.91 Å². The first-order chi connectivity index (χ1) is 12.0. The zero-order valence-corrected chi connectivity index (χ0v) is 15.8. The Bertz CT molecular complexity index is 756. The van der Waals surface area contributed by atoms with E-state index in [0.717, 1.165) is 41.4 Å². The highest BCUT2D eigenvalue weighted by Crippen LogP contribution is 2.31. The third kappa shape index (κ3) is 3.79. The lowest BCUT2D eigenvalue weighted by Gasteiger charge is -2.30. The van der Waals surface area contributed by atoms with Crippen molar-refractivity contribution in [2.45, 2.75) is 33.6 Å². The topological polar surface area (TPSA) is 51.5 Å². The van der Waals surface area contributed by atoms with E-state index in [4.69, 9.17) is 4.74 Å². The summed E-state index contributed by atoms with van der Waals surface area (Å²) >= 11 is 1.56. The molecular formula is C19H24N2O3S. The zero-order valence-electron chi connectivity index (χ0n) is 14.9. The van der Waals surface area contributed by atoms with E-state index in [1.807, 2.05) is 42.9 Å². The number of thiophene rings is 1. The number of hydrogen-bond acceptors (Lipinski definition) is 4. The van der Waals surface area contributed by atoms with Crippen molar-refractivity contribution in [3.05, 3.63) is 40.5 Å². The van der Waals surface area contributed by atoms with Gasteiger partial charge in [-0.15, -0.1) is 11.3 Å². The predicted octanol–water partition coefficient (Wildman–Crippen LogP) is 3.57. The van der Waals surface area contributed by atoms with E-state index in [1.54, 1.807) is 16.2 Å². The van der Waals surface area contributed by atoms with Gasteiger partial charge >= 0.3 is 5.97 Å². The third-order valence-corrected chi connectivity index (χ3v) is 6.09. The molecule has 0 aromatic carbocycles. The Morgan fingerprint density at radius 2 is 1.84 bits per heavy atom. The minimum absolute atomic E-state index is 0.104. The summed E-state index contributed by atoms with van der Waals surface area (Å²) in [5.74, 6) is 0.129. The van der Waals surface area contributed by atoms with Crippen LogP contribution in [0.2, 0.25) is 0 Å². The van der Waals surface area contributed by atoms with E-state index < -0.39 is 5.97 Å². The molecule has 2 aromatic rings. The molecule has 0 unspecified atom stereocenters. The fraction of sp³-hybridized carbons (Fsp3) is 0.474. The summed E-state index contributed by atoms with van der Waals surface area (Å²) in [7, 11) is 0. The lowest BCUT2D eigenvalue weighted by molar-refractivity contribution is -0.135. The first kappa shape index (κ1) is 17.7. The van der Waals surface area contributed by atoms with Gasteiger partial charge < -0.3 is 14.2 Å². The number of amides is 1. The van der Waals surface area contributed by atoms with Crippen molar-refractivity contribution < 1.29 is 14.3 Å². The summed E-state index contributed by atoms with van der Waals surface area (Å²) in [4.78, 5) is 27.8. The molecule has 3 heterocycles. The number of esters is 1. The molecule has 6 heteroatoms. The van der Waals surface area contributed by atoms with Crippen LogP contribution in [0.4, 0.5) is 0 Å². The maximum atomic E-state index is 12.6. The summed E-state index contributed by atoms with van der Waals surface area (Å²) in [6, 6.07) is 3.83. The normalized spacial score (nSPS) is 15.4. The summed E-state index contributed by atoms with van der Waals surface area (Å²) in [5, 5.41) is 0.837. The number of aromatic nitrogens is 1. The average molecular weight is 360 g/mol. The number of carbonyl (C=O) groups excluding carboxylic acids is 2. The molecule has 0 N–H and O–H groups in total. The van der Waals surface area contributed by atoms with Gasteiger partial charge in [-0.1, -0.05) is 6.92 Å². The number of rotatable bonds is 4. The van der Waals surface area contributed by atoms with Crippen molar-refractivity contribution in [2.24, 2.45) is 5.92 Å². The fourth-order valence-corrected chi connectivity index (χ4v) is 4.16. The fourth-order valence-electron chi connectivity index (χ4n) is 3.05. The van der Waals surface area contributed by atoms with Crippen molar-refractivity contribution in [2.75, 3.05) is 19.7 Å². The van der Waals surface area contributed by atoms with Crippen molar-refractivity contribution >= 4 is 23.2 Å². The van der Waals surface area contributed by atoms with E-state index in [9.17, 15) is 9.59 Å². The Hall–Kier alpha value is -2.08. The smallest absolute Gasteiger partial charge is 0.341 e. The molecule has 1 aliphatic heterocycles. The van der Waals surface area contributed by atoms with Gasteiger partial charge in [-0.3, -0.25) is 4.79 Å². The first-order valence-electron chi connectivity index (χ1n) is 8.65. The Morgan fingerprint density at radius 3 is 2.48 bits per heavy atom. The van der Waals surface area contributed by atoms with Crippen LogP contribution in [0.3, 0.4) is 0 Å². The third-order valence-electron chi connectivity index (χ3n) is 4.87. The standard InChI is InChI=1S/C19H24N2O3S/c1-13-6-10-20(11-7-13)16(22)12-24-19(23)17-14(2)15(3)25-18(17)21-8-4-5-9-21/h4-5,8-9,13H,6-7,10-12H2,1-3H3. The number of aryl methyl sites for hydroxylation is 1. The Balaban J connectivity index is 1.69. The molecule has 5 nitrogen and oxygen atoms in total. The Kier molecular flexibility index (Phi) is 5.27. The number of nitrogens with zero attached hydrogens (tertiary/aromatic N) is 2. The van der Waals surface area contributed by atoms with E-state index in [1.165, 1.54) is 0 Å². The highest BCUT2D eigenvalue weighted by molar-refractivity contribution is 7.15. The SMILES string of the molecule is Cc1sc(-n2cccc2)c(C(=O)OCC(=O)N2CCC(C)CC2)c1C. The monoisotopic (exact) mass is 360 g/mol. The van der Waals surface area contributed by atoms with E-state index in [2.05, 4.69) is 6.92 Å². The highest BCUT2D eigenvalue weighted by atomic mass is 32.1. The maximum absolute atomic E-state index is 12.6. The lowest BCUT2D eigenvalue weighted by Crippen LogP contribution is -2.40. The van der Waals surface area contributed by atoms with Gasteiger partial charge in [0, 0.05) is 30.4 Å². The molecule has 0 saturated carbocycles. The Labute approximate surface area is 152 Å². The summed E-state index contributed by atoms with van der Waals surface area (Å²) in [5.41, 5.74) is 1.47. The zero-order chi connectivity index (χ0) is 18.0. The quantitative estimate of drug-likeness (QED) is 0.783. The number of piperidine rings is 1. The van der Waals surface area contributed by atoms with Crippen molar-refractivity contribution in [3.63, 3.8) is 0 Å². The number of likely N-dealkylation sites (tertiary alicyclic amines) is 1. The summed E-state index contributed by atoms with van der Waals surface area (Å²) in [6.45, 7) is 7.43. The largest absolute Gasteiger partial charge is 0.452 e. The molecular weight excluding hydrogens is 336 g/mol. The van der Waals surface area contributed by atoms with Crippen LogP contribution in [0.1, 0.15) is 40.6 Å². The highest BCUT2D eigenvalue weighted by Gasteiger charge is 2.25. The van der Waals surface area contributed by atoms with Gasteiger partial charge in [0.2, 0.25) is 0 Å². The van der Waals surface area contributed by atoms with Crippen molar-refractivity contribution in [1.29, 1.82) is 0 Å². The van der Waals surface area contributed by atoms with Gasteiger partial charge in [-0.2, -0.15) is 0 Å². The number of hydrogen-bond donors (Lipinski definition) is 0. The van der Waals surface area contributed by atoms with Crippen molar-refractivity contribution in [1.82, 2.24) is 9.47 Å². The summed E-state index contributed by atoms with van der Waals surface area (Å²) in [6.07, 6.45) is 5.84. The van der Waals surface area contributed by atoms with Crippen LogP contribution in [0.25, 0.3) is 5.00 Å². The molecule has 2 aromatic heterocycles. The van der Waals surface area contributed by atoms with Crippen LogP contribution in [-0.2, 0) is 9.53 Å². The van der Waals surface area contributed by atoms with Crippen LogP contribution in [0, 0.1) is 19.8 Å². The average Bonchev–Trinajstić information content (AvgIpc) is 3.22. The molecule has 1 saturated heterocycles. The van der Waals surface area contributed by atoms with Crippen LogP contribution >= 0.6 is 11.3 Å².